The maximum absolute atomic E-state index is 11.5. The lowest BCUT2D eigenvalue weighted by molar-refractivity contribution is 0.567. The fraction of sp³-hybridized carbons (Fsp3) is 0.455. The molecule has 1 unspecified atom stereocenters. The van der Waals surface area contributed by atoms with Crippen LogP contribution in [0.5, 0.6) is 0 Å². The highest BCUT2D eigenvalue weighted by Crippen LogP contribution is 2.20. The Bertz CT molecular complexity index is 571. The molecule has 18 heavy (non-hydrogen) atoms. The molecule has 0 radical (unpaired) electrons. The Kier molecular flexibility index (Phi) is 3.54. The van der Waals surface area contributed by atoms with Gasteiger partial charge in [-0.1, -0.05) is 12.2 Å². The fourth-order valence-corrected chi connectivity index (χ4v) is 3.75. The highest BCUT2D eigenvalue weighted by Gasteiger charge is 2.28. The van der Waals surface area contributed by atoms with Crippen LogP contribution < -0.4 is 10.6 Å². The van der Waals surface area contributed by atoms with Gasteiger partial charge in [0.05, 0.1) is 11.5 Å². The van der Waals surface area contributed by atoms with Gasteiger partial charge in [-0.2, -0.15) is 0 Å². The number of aromatic nitrogens is 1. The Morgan fingerprint density at radius 3 is 2.94 bits per heavy atom. The summed E-state index contributed by atoms with van der Waals surface area (Å²) < 4.78 is 23.1. The zero-order valence-electron chi connectivity index (χ0n) is 10.0. The number of hydrogen-bond donors (Lipinski definition) is 1. The lowest BCUT2D eigenvalue weighted by Crippen LogP contribution is -2.47. The predicted molar refractivity (Wildman–Crippen MR) is 75.6 cm³/mol. The highest BCUT2D eigenvalue weighted by atomic mass is 32.2. The van der Waals surface area contributed by atoms with Crippen LogP contribution in [-0.2, 0) is 9.84 Å². The molecule has 0 bridgehead atoms. The van der Waals surface area contributed by atoms with Gasteiger partial charge in [-0.15, -0.1) is 0 Å². The van der Waals surface area contributed by atoms with Crippen LogP contribution in [0.1, 0.15) is 12.5 Å². The molecule has 2 heterocycles. The lowest BCUT2D eigenvalue weighted by Gasteiger charge is -2.34. The van der Waals surface area contributed by atoms with E-state index in [-0.39, 0.29) is 17.5 Å². The largest absolute Gasteiger partial charge is 0.389 e. The molecule has 1 saturated heterocycles. The first-order valence-corrected chi connectivity index (χ1v) is 7.85. The summed E-state index contributed by atoms with van der Waals surface area (Å²) in [6.07, 6.45) is 1.64. The van der Waals surface area contributed by atoms with Crippen molar-refractivity contribution in [2.45, 2.75) is 13.0 Å². The number of rotatable bonds is 2. The van der Waals surface area contributed by atoms with Gasteiger partial charge < -0.3 is 10.6 Å². The normalized spacial score (nSPS) is 22.7. The van der Waals surface area contributed by atoms with Gasteiger partial charge in [-0.25, -0.2) is 13.4 Å². The molecule has 7 heteroatoms. The summed E-state index contributed by atoms with van der Waals surface area (Å²) in [6, 6.07) is 3.46. The number of hydrogen-bond acceptors (Lipinski definition) is 5. The van der Waals surface area contributed by atoms with Crippen molar-refractivity contribution in [3.8, 4) is 0 Å². The van der Waals surface area contributed by atoms with Crippen molar-refractivity contribution in [2.24, 2.45) is 5.73 Å². The van der Waals surface area contributed by atoms with Crippen molar-refractivity contribution in [1.82, 2.24) is 4.98 Å². The molecule has 1 aromatic heterocycles. The molecule has 1 aliphatic rings. The molecule has 0 aromatic carbocycles. The Morgan fingerprint density at radius 1 is 1.61 bits per heavy atom. The standard InChI is InChI=1S/C11H15N3O2S2/c1-8-7-18(15,16)5-4-14(8)10-6-9(11(12)17)2-3-13-10/h2-3,6,8H,4-5,7H2,1H3,(H2,12,17). The molecule has 0 amide bonds. The molecule has 1 aliphatic heterocycles. The molecular weight excluding hydrogens is 270 g/mol. The van der Waals surface area contributed by atoms with Crippen LogP contribution in [0.3, 0.4) is 0 Å². The minimum absolute atomic E-state index is 0.0853. The summed E-state index contributed by atoms with van der Waals surface area (Å²) in [4.78, 5) is 6.55. The van der Waals surface area contributed by atoms with Gasteiger partial charge >= 0.3 is 0 Å². The number of thiocarbonyl (C=S) groups is 1. The van der Waals surface area contributed by atoms with Crippen LogP contribution >= 0.6 is 12.2 Å². The second kappa shape index (κ2) is 4.81. The van der Waals surface area contributed by atoms with Crippen molar-refractivity contribution in [3.63, 3.8) is 0 Å². The van der Waals surface area contributed by atoms with Crippen LogP contribution in [0.25, 0.3) is 0 Å². The Labute approximate surface area is 112 Å². The second-order valence-electron chi connectivity index (χ2n) is 4.42. The molecule has 0 spiro atoms. The molecule has 1 aromatic rings. The van der Waals surface area contributed by atoms with Gasteiger partial charge in [0.2, 0.25) is 0 Å². The molecule has 1 fully saturated rings. The molecule has 2 rings (SSSR count). The summed E-state index contributed by atoms with van der Waals surface area (Å²) in [5.41, 5.74) is 6.33. The summed E-state index contributed by atoms with van der Waals surface area (Å²) >= 11 is 4.92. The zero-order valence-corrected chi connectivity index (χ0v) is 11.7. The Balaban J connectivity index is 2.27. The van der Waals surface area contributed by atoms with Gasteiger partial charge in [-0.3, -0.25) is 0 Å². The van der Waals surface area contributed by atoms with Crippen LogP contribution in [0.15, 0.2) is 18.3 Å². The summed E-state index contributed by atoms with van der Waals surface area (Å²) in [5, 5.41) is 0. The number of sulfone groups is 1. The maximum Gasteiger partial charge on any atom is 0.154 e. The Hall–Kier alpha value is -1.21. The van der Waals surface area contributed by atoms with E-state index >= 15 is 0 Å². The summed E-state index contributed by atoms with van der Waals surface area (Å²) in [7, 11) is -2.92. The molecule has 1 atom stereocenters. The third kappa shape index (κ3) is 2.78. The monoisotopic (exact) mass is 285 g/mol. The first kappa shape index (κ1) is 13.2. The third-order valence-electron chi connectivity index (χ3n) is 2.99. The van der Waals surface area contributed by atoms with Crippen LogP contribution in [0, 0.1) is 0 Å². The smallest absolute Gasteiger partial charge is 0.154 e. The highest BCUT2D eigenvalue weighted by molar-refractivity contribution is 7.91. The molecule has 0 saturated carbocycles. The van der Waals surface area contributed by atoms with E-state index in [0.29, 0.717) is 11.5 Å². The zero-order chi connectivity index (χ0) is 13.3. The second-order valence-corrected chi connectivity index (χ2v) is 7.09. The minimum Gasteiger partial charge on any atom is -0.389 e. The number of nitrogens with zero attached hydrogens (tertiary/aromatic N) is 2. The number of anilines is 1. The van der Waals surface area contributed by atoms with Crippen molar-refractivity contribution < 1.29 is 8.42 Å². The average molecular weight is 285 g/mol. The first-order chi connectivity index (χ1) is 8.39. The van der Waals surface area contributed by atoms with Crippen molar-refractivity contribution in [2.75, 3.05) is 23.0 Å². The topological polar surface area (TPSA) is 76.3 Å². The van der Waals surface area contributed by atoms with E-state index in [2.05, 4.69) is 4.98 Å². The van der Waals surface area contributed by atoms with E-state index in [9.17, 15) is 8.42 Å². The molecule has 2 N–H and O–H groups in total. The number of nitrogens with two attached hydrogens (primary N) is 1. The molecule has 0 aliphatic carbocycles. The summed E-state index contributed by atoms with van der Waals surface area (Å²) in [5.74, 6) is 1.05. The minimum atomic E-state index is -2.92. The van der Waals surface area contributed by atoms with Crippen molar-refractivity contribution in [3.05, 3.63) is 23.9 Å². The van der Waals surface area contributed by atoms with Crippen LogP contribution in [-0.4, -0.2) is 42.5 Å². The SMILES string of the molecule is CC1CS(=O)(=O)CCN1c1cc(C(N)=S)ccn1. The Morgan fingerprint density at radius 2 is 2.33 bits per heavy atom. The van der Waals surface area contributed by atoms with Gasteiger partial charge in [0.1, 0.15) is 10.8 Å². The molecule has 5 nitrogen and oxygen atoms in total. The molecule has 98 valence electrons. The van der Waals surface area contributed by atoms with E-state index in [1.165, 1.54) is 0 Å². The van der Waals surface area contributed by atoms with E-state index in [0.717, 1.165) is 11.4 Å². The van der Waals surface area contributed by atoms with Crippen molar-refractivity contribution >= 4 is 32.9 Å². The fourth-order valence-electron chi connectivity index (χ4n) is 2.07. The first-order valence-electron chi connectivity index (χ1n) is 5.62. The molecular formula is C11H15N3O2S2. The van der Waals surface area contributed by atoms with Gasteiger partial charge in [0.25, 0.3) is 0 Å². The van der Waals surface area contributed by atoms with Crippen molar-refractivity contribution in [1.29, 1.82) is 0 Å². The maximum atomic E-state index is 11.5. The average Bonchev–Trinajstić information content (AvgIpc) is 2.28. The summed E-state index contributed by atoms with van der Waals surface area (Å²) in [6.45, 7) is 2.34. The van der Waals surface area contributed by atoms with Crippen LogP contribution in [0.2, 0.25) is 0 Å². The van der Waals surface area contributed by atoms with Gasteiger partial charge in [-0.05, 0) is 19.1 Å². The van der Waals surface area contributed by atoms with Gasteiger partial charge in [0.15, 0.2) is 9.84 Å². The lowest BCUT2D eigenvalue weighted by atomic mass is 10.2. The van der Waals surface area contributed by atoms with E-state index in [1.54, 1.807) is 18.3 Å². The quantitative estimate of drug-likeness (QED) is 0.790. The van der Waals surface area contributed by atoms with Gasteiger partial charge in [0, 0.05) is 24.3 Å². The van der Waals surface area contributed by atoms with E-state index in [4.69, 9.17) is 18.0 Å². The third-order valence-corrected chi connectivity index (χ3v) is 5.03. The van der Waals surface area contributed by atoms with E-state index in [1.807, 2.05) is 11.8 Å². The van der Waals surface area contributed by atoms with Crippen LogP contribution in [0.4, 0.5) is 5.82 Å². The van der Waals surface area contributed by atoms with E-state index < -0.39 is 9.84 Å². The number of pyridine rings is 1. The predicted octanol–water partition coefficient (Wildman–Crippen LogP) is 0.339.